The van der Waals surface area contributed by atoms with Gasteiger partial charge in [-0.2, -0.15) is 0 Å². The van der Waals surface area contributed by atoms with Gasteiger partial charge >= 0.3 is 5.97 Å². The Kier molecular flexibility index (Phi) is 5.10. The number of imidazole rings is 1. The molecular formula is C7H12ClN3O2. The van der Waals surface area contributed by atoms with Crippen LogP contribution in [0.2, 0.25) is 0 Å². The van der Waals surface area contributed by atoms with Gasteiger partial charge < -0.3 is 15.4 Å². The first-order valence-corrected chi connectivity index (χ1v) is 3.61. The lowest BCUT2D eigenvalue weighted by Crippen LogP contribution is -2.35. The Labute approximate surface area is 82.0 Å². The lowest BCUT2D eigenvalue weighted by molar-refractivity contribution is -0.139. The van der Waals surface area contributed by atoms with Gasteiger partial charge in [0.25, 0.3) is 0 Å². The highest BCUT2D eigenvalue weighted by atomic mass is 35.5. The number of halogens is 1. The predicted molar refractivity (Wildman–Crippen MR) is 50.0 cm³/mol. The Bertz CT molecular complexity index is 250. The van der Waals surface area contributed by atoms with Gasteiger partial charge in [-0.15, -0.1) is 12.4 Å². The molecule has 1 rings (SSSR count). The molecule has 0 aromatic carbocycles. The predicted octanol–water partition coefficient (Wildman–Crippen LogP) is 0.0466. The Morgan fingerprint density at radius 1 is 1.85 bits per heavy atom. The number of aliphatic carboxylic acids is 1. The van der Waals surface area contributed by atoms with Crippen molar-refractivity contribution in [3.8, 4) is 0 Å². The molecular weight excluding hydrogens is 194 g/mol. The first-order chi connectivity index (χ1) is 5.74. The molecule has 0 fully saturated rings. The van der Waals surface area contributed by atoms with Crippen LogP contribution in [0.5, 0.6) is 0 Å². The highest BCUT2D eigenvalue weighted by Gasteiger charge is 2.15. The average Bonchev–Trinajstić information content (AvgIpc) is 2.51. The molecule has 1 heterocycles. The molecule has 1 aromatic heterocycles. The van der Waals surface area contributed by atoms with Gasteiger partial charge in [-0.3, -0.25) is 4.79 Å². The zero-order chi connectivity index (χ0) is 8.97. The van der Waals surface area contributed by atoms with Gasteiger partial charge in [-0.25, -0.2) is 4.98 Å². The van der Waals surface area contributed by atoms with Crippen molar-refractivity contribution in [3.63, 3.8) is 0 Å². The molecule has 6 heteroatoms. The summed E-state index contributed by atoms with van der Waals surface area (Å²) in [6.07, 6.45) is 3.57. The molecule has 0 radical (unpaired) electrons. The van der Waals surface area contributed by atoms with Crippen molar-refractivity contribution in [2.75, 3.05) is 7.05 Å². The molecule has 1 aromatic rings. The largest absolute Gasteiger partial charge is 0.480 e. The van der Waals surface area contributed by atoms with Crippen LogP contribution in [-0.2, 0) is 11.2 Å². The number of likely N-dealkylation sites (N-methyl/N-ethyl adjacent to an activating group) is 1. The van der Waals surface area contributed by atoms with E-state index in [-0.39, 0.29) is 12.4 Å². The standard InChI is InChI=1S/C7H11N3O2.ClH/c1-8-6(7(11)12)2-5-3-9-4-10-5;/h3-4,6,8H,2H2,1H3,(H,9,10)(H,11,12);1H/t6-;/m0./s1. The second-order valence-electron chi connectivity index (χ2n) is 2.46. The van der Waals surface area contributed by atoms with E-state index in [1.165, 1.54) is 6.33 Å². The van der Waals surface area contributed by atoms with E-state index < -0.39 is 12.0 Å². The van der Waals surface area contributed by atoms with E-state index in [9.17, 15) is 4.79 Å². The van der Waals surface area contributed by atoms with Crippen molar-refractivity contribution in [3.05, 3.63) is 18.2 Å². The summed E-state index contributed by atoms with van der Waals surface area (Å²) < 4.78 is 0. The van der Waals surface area contributed by atoms with Crippen molar-refractivity contribution in [1.29, 1.82) is 0 Å². The maximum Gasteiger partial charge on any atom is 0.321 e. The molecule has 0 aliphatic heterocycles. The fourth-order valence-corrected chi connectivity index (χ4v) is 0.929. The minimum Gasteiger partial charge on any atom is -0.480 e. The molecule has 0 saturated heterocycles. The Morgan fingerprint density at radius 2 is 2.54 bits per heavy atom. The third-order valence-electron chi connectivity index (χ3n) is 1.63. The van der Waals surface area contributed by atoms with Gasteiger partial charge in [-0.05, 0) is 7.05 Å². The number of H-pyrrole nitrogens is 1. The molecule has 0 bridgehead atoms. The molecule has 0 aliphatic carbocycles. The molecule has 0 aliphatic rings. The summed E-state index contributed by atoms with van der Waals surface area (Å²) in [4.78, 5) is 17.2. The van der Waals surface area contributed by atoms with Crippen molar-refractivity contribution < 1.29 is 9.90 Å². The number of hydrogen-bond donors (Lipinski definition) is 3. The van der Waals surface area contributed by atoms with Crippen molar-refractivity contribution >= 4 is 18.4 Å². The molecule has 0 unspecified atom stereocenters. The third kappa shape index (κ3) is 3.43. The van der Waals surface area contributed by atoms with E-state index in [0.717, 1.165) is 5.69 Å². The summed E-state index contributed by atoms with van der Waals surface area (Å²) in [5, 5.41) is 11.4. The summed E-state index contributed by atoms with van der Waals surface area (Å²) >= 11 is 0. The lowest BCUT2D eigenvalue weighted by Gasteiger charge is -2.08. The summed E-state index contributed by atoms with van der Waals surface area (Å²) in [5.41, 5.74) is 0.816. The van der Waals surface area contributed by atoms with Gasteiger partial charge in [0, 0.05) is 18.3 Å². The zero-order valence-electron chi connectivity index (χ0n) is 7.15. The lowest BCUT2D eigenvalue weighted by atomic mass is 10.2. The van der Waals surface area contributed by atoms with Crippen LogP contribution in [0.3, 0.4) is 0 Å². The van der Waals surface area contributed by atoms with Crippen LogP contribution in [0.25, 0.3) is 0 Å². The summed E-state index contributed by atoms with van der Waals surface area (Å²) in [7, 11) is 1.62. The monoisotopic (exact) mass is 205 g/mol. The number of carboxylic acids is 1. The van der Waals surface area contributed by atoms with Gasteiger partial charge in [0.1, 0.15) is 6.04 Å². The third-order valence-corrected chi connectivity index (χ3v) is 1.63. The summed E-state index contributed by atoms with van der Waals surface area (Å²) in [6.45, 7) is 0. The van der Waals surface area contributed by atoms with Gasteiger partial charge in [0.15, 0.2) is 0 Å². The number of carbonyl (C=O) groups is 1. The van der Waals surface area contributed by atoms with Crippen molar-refractivity contribution in [2.45, 2.75) is 12.5 Å². The number of carboxylic acid groups (broad SMARTS) is 1. The van der Waals surface area contributed by atoms with Crippen LogP contribution in [-0.4, -0.2) is 34.1 Å². The van der Waals surface area contributed by atoms with Gasteiger partial charge in [-0.1, -0.05) is 0 Å². The van der Waals surface area contributed by atoms with Crippen molar-refractivity contribution in [2.24, 2.45) is 0 Å². The molecule has 3 N–H and O–H groups in total. The maximum absolute atomic E-state index is 10.6. The number of rotatable bonds is 4. The van der Waals surface area contributed by atoms with Crippen LogP contribution >= 0.6 is 12.4 Å². The minimum atomic E-state index is -0.855. The van der Waals surface area contributed by atoms with Crippen LogP contribution in [0, 0.1) is 0 Å². The summed E-state index contributed by atoms with van der Waals surface area (Å²) in [5.74, 6) is -0.855. The maximum atomic E-state index is 10.6. The summed E-state index contributed by atoms with van der Waals surface area (Å²) in [6, 6.07) is -0.551. The van der Waals surface area contributed by atoms with E-state index in [4.69, 9.17) is 5.11 Å². The first-order valence-electron chi connectivity index (χ1n) is 3.61. The molecule has 0 saturated carbocycles. The molecule has 13 heavy (non-hydrogen) atoms. The van der Waals surface area contributed by atoms with E-state index in [0.29, 0.717) is 6.42 Å². The molecule has 5 nitrogen and oxygen atoms in total. The number of aromatic nitrogens is 2. The molecule has 1 atom stereocenters. The normalized spacial score (nSPS) is 11.8. The Balaban J connectivity index is 0.00000144. The van der Waals surface area contributed by atoms with E-state index in [1.807, 2.05) is 0 Å². The fourth-order valence-electron chi connectivity index (χ4n) is 0.929. The van der Waals surface area contributed by atoms with Crippen LogP contribution in [0.1, 0.15) is 5.69 Å². The quantitative estimate of drug-likeness (QED) is 0.649. The fraction of sp³-hybridized carbons (Fsp3) is 0.429. The smallest absolute Gasteiger partial charge is 0.321 e. The van der Waals surface area contributed by atoms with E-state index in [2.05, 4.69) is 15.3 Å². The molecule has 0 spiro atoms. The number of nitrogens with one attached hydrogen (secondary N) is 2. The SMILES string of the molecule is CN[C@@H](Cc1cnc[nH]1)C(=O)O.Cl. The second kappa shape index (κ2) is 5.55. The van der Waals surface area contributed by atoms with E-state index in [1.54, 1.807) is 13.2 Å². The van der Waals surface area contributed by atoms with Gasteiger partial charge in [0.05, 0.1) is 6.33 Å². The van der Waals surface area contributed by atoms with Crippen LogP contribution in [0.15, 0.2) is 12.5 Å². The molecule has 0 amide bonds. The Morgan fingerprint density at radius 3 is 2.92 bits per heavy atom. The highest BCUT2D eigenvalue weighted by Crippen LogP contribution is 1.97. The minimum absolute atomic E-state index is 0. The number of aromatic amines is 1. The highest BCUT2D eigenvalue weighted by molar-refractivity contribution is 5.85. The van der Waals surface area contributed by atoms with Crippen molar-refractivity contribution in [1.82, 2.24) is 15.3 Å². The van der Waals surface area contributed by atoms with E-state index >= 15 is 0 Å². The average molecular weight is 206 g/mol. The van der Waals surface area contributed by atoms with Gasteiger partial charge in [0.2, 0.25) is 0 Å². The van der Waals surface area contributed by atoms with Crippen LogP contribution < -0.4 is 5.32 Å². The molecule has 74 valence electrons. The Hall–Kier alpha value is -1.07. The topological polar surface area (TPSA) is 78.0 Å². The zero-order valence-corrected chi connectivity index (χ0v) is 7.97. The number of nitrogens with zero attached hydrogens (tertiary/aromatic N) is 1. The van der Waals surface area contributed by atoms with Crippen LogP contribution in [0.4, 0.5) is 0 Å². The second-order valence-corrected chi connectivity index (χ2v) is 2.46. The number of hydrogen-bond acceptors (Lipinski definition) is 3. The first kappa shape index (κ1) is 11.9.